The number of nitrogens with one attached hydrogen (secondary N) is 1. The number of benzene rings is 3. The van der Waals surface area contributed by atoms with E-state index in [4.69, 9.17) is 16.3 Å². The summed E-state index contributed by atoms with van der Waals surface area (Å²) in [6, 6.07) is 14.1. The van der Waals surface area contributed by atoms with Crippen LogP contribution in [0, 0.1) is 11.6 Å². The highest BCUT2D eigenvalue weighted by atomic mass is 35.5. The molecule has 156 valence electrons. The Labute approximate surface area is 180 Å². The van der Waals surface area contributed by atoms with Gasteiger partial charge in [0.25, 0.3) is 11.5 Å². The van der Waals surface area contributed by atoms with Crippen molar-refractivity contribution in [3.05, 3.63) is 99.4 Å². The Balaban J connectivity index is 1.90. The fourth-order valence-electron chi connectivity index (χ4n) is 3.30. The van der Waals surface area contributed by atoms with Crippen molar-refractivity contribution >= 4 is 34.0 Å². The number of amides is 1. The maximum atomic E-state index is 14.4. The summed E-state index contributed by atoms with van der Waals surface area (Å²) in [4.78, 5) is 26.1. The lowest BCUT2D eigenvalue weighted by Crippen LogP contribution is -2.23. The maximum absolute atomic E-state index is 14.4. The Hall–Kier alpha value is -3.71. The van der Waals surface area contributed by atoms with Crippen LogP contribution < -0.4 is 15.6 Å². The fourth-order valence-corrected chi connectivity index (χ4v) is 3.47. The van der Waals surface area contributed by atoms with Crippen LogP contribution in [0.2, 0.25) is 5.02 Å². The van der Waals surface area contributed by atoms with Gasteiger partial charge in [0.15, 0.2) is 0 Å². The van der Waals surface area contributed by atoms with Crippen LogP contribution in [0.1, 0.15) is 10.4 Å². The number of carbonyl (C=O) groups excluding carboxylic acids is 1. The van der Waals surface area contributed by atoms with Crippen molar-refractivity contribution in [2.45, 2.75) is 0 Å². The SMILES string of the molecule is COc1ccc(Cl)cc1NC(=O)c1cn(-c2ccc(F)cc2F)c(=O)c2ccccc12. The van der Waals surface area contributed by atoms with Gasteiger partial charge in [-0.05, 0) is 36.4 Å². The van der Waals surface area contributed by atoms with E-state index >= 15 is 0 Å². The van der Waals surface area contributed by atoms with Crippen LogP contribution in [-0.2, 0) is 0 Å². The number of hydrogen-bond acceptors (Lipinski definition) is 3. The Morgan fingerprint density at radius 2 is 1.77 bits per heavy atom. The Bertz CT molecular complexity index is 1390. The largest absolute Gasteiger partial charge is 0.495 e. The molecule has 0 aliphatic heterocycles. The highest BCUT2D eigenvalue weighted by Gasteiger charge is 2.18. The Morgan fingerprint density at radius 1 is 1.03 bits per heavy atom. The first-order valence-electron chi connectivity index (χ1n) is 9.14. The lowest BCUT2D eigenvalue weighted by atomic mass is 10.1. The normalized spacial score (nSPS) is 10.8. The highest BCUT2D eigenvalue weighted by molar-refractivity contribution is 6.31. The molecule has 1 amide bonds. The molecule has 5 nitrogen and oxygen atoms in total. The molecule has 0 atom stereocenters. The van der Waals surface area contributed by atoms with E-state index in [1.165, 1.54) is 25.4 Å². The van der Waals surface area contributed by atoms with Crippen molar-refractivity contribution in [3.63, 3.8) is 0 Å². The van der Waals surface area contributed by atoms with E-state index in [1.807, 2.05) is 0 Å². The number of methoxy groups -OCH3 is 1. The molecule has 0 bridgehead atoms. The van der Waals surface area contributed by atoms with Gasteiger partial charge in [-0.2, -0.15) is 0 Å². The van der Waals surface area contributed by atoms with Gasteiger partial charge in [-0.15, -0.1) is 0 Å². The molecule has 0 fully saturated rings. The molecule has 0 aliphatic carbocycles. The number of anilines is 1. The predicted molar refractivity (Wildman–Crippen MR) is 115 cm³/mol. The second kappa shape index (κ2) is 8.20. The molecule has 0 spiro atoms. The second-order valence-electron chi connectivity index (χ2n) is 6.66. The van der Waals surface area contributed by atoms with Crippen molar-refractivity contribution in [2.24, 2.45) is 0 Å². The molecule has 1 heterocycles. The van der Waals surface area contributed by atoms with Crippen LogP contribution in [-0.4, -0.2) is 17.6 Å². The lowest BCUT2D eigenvalue weighted by molar-refractivity contribution is 0.102. The zero-order chi connectivity index (χ0) is 22.1. The van der Waals surface area contributed by atoms with Crippen molar-refractivity contribution in [1.82, 2.24) is 4.57 Å². The average molecular weight is 441 g/mol. The van der Waals surface area contributed by atoms with Crippen LogP contribution in [0.15, 0.2) is 71.7 Å². The predicted octanol–water partition coefficient (Wildman–Crippen LogP) is 5.18. The number of hydrogen-bond donors (Lipinski definition) is 1. The molecule has 0 saturated heterocycles. The number of pyridine rings is 1. The second-order valence-corrected chi connectivity index (χ2v) is 7.09. The first kappa shape index (κ1) is 20.6. The smallest absolute Gasteiger partial charge is 0.263 e. The molecule has 31 heavy (non-hydrogen) atoms. The Kier molecular flexibility index (Phi) is 5.44. The molecule has 0 aliphatic rings. The van der Waals surface area contributed by atoms with Crippen molar-refractivity contribution in [1.29, 1.82) is 0 Å². The number of nitrogens with zero attached hydrogens (tertiary/aromatic N) is 1. The molecule has 0 radical (unpaired) electrons. The highest BCUT2D eigenvalue weighted by Crippen LogP contribution is 2.29. The minimum Gasteiger partial charge on any atom is -0.495 e. The maximum Gasteiger partial charge on any atom is 0.263 e. The van der Waals surface area contributed by atoms with Gasteiger partial charge < -0.3 is 10.1 Å². The zero-order valence-corrected chi connectivity index (χ0v) is 16.9. The number of fused-ring (bicyclic) bond motifs is 1. The monoisotopic (exact) mass is 440 g/mol. The molecule has 0 unspecified atom stereocenters. The summed E-state index contributed by atoms with van der Waals surface area (Å²) in [5.74, 6) is -1.88. The molecule has 8 heteroatoms. The third-order valence-corrected chi connectivity index (χ3v) is 4.98. The van der Waals surface area contributed by atoms with Gasteiger partial charge in [-0.3, -0.25) is 14.2 Å². The summed E-state index contributed by atoms with van der Waals surface area (Å²) >= 11 is 6.03. The van der Waals surface area contributed by atoms with E-state index in [9.17, 15) is 18.4 Å². The van der Waals surface area contributed by atoms with Crippen molar-refractivity contribution in [2.75, 3.05) is 12.4 Å². The number of ether oxygens (including phenoxy) is 1. The van der Waals surface area contributed by atoms with Crippen molar-refractivity contribution < 1.29 is 18.3 Å². The summed E-state index contributed by atoms with van der Waals surface area (Å²) in [5, 5.41) is 3.69. The molecule has 4 aromatic rings. The molecule has 1 aromatic heterocycles. The van der Waals surface area contributed by atoms with Gasteiger partial charge in [-0.1, -0.05) is 29.8 Å². The van der Waals surface area contributed by atoms with Crippen LogP contribution in [0.4, 0.5) is 14.5 Å². The van der Waals surface area contributed by atoms with Gasteiger partial charge >= 0.3 is 0 Å². The van der Waals surface area contributed by atoms with E-state index < -0.39 is 23.1 Å². The standard InChI is InChI=1S/C23H15ClF2N2O3/c1-31-21-9-6-13(24)10-19(21)27-22(29)17-12-28(20-8-7-14(25)11-18(20)26)23(30)16-5-3-2-4-15(16)17/h2-12H,1H3,(H,27,29). The van der Waals surface area contributed by atoms with E-state index in [1.54, 1.807) is 30.3 Å². The van der Waals surface area contributed by atoms with Gasteiger partial charge in [0.2, 0.25) is 0 Å². The molecular formula is C23H15ClF2N2O3. The molecule has 3 aromatic carbocycles. The average Bonchev–Trinajstić information content (AvgIpc) is 2.75. The summed E-state index contributed by atoms with van der Waals surface area (Å²) in [5.41, 5.74) is -0.278. The number of carbonyl (C=O) groups is 1. The van der Waals surface area contributed by atoms with Crippen LogP contribution in [0.3, 0.4) is 0 Å². The first-order valence-corrected chi connectivity index (χ1v) is 9.51. The zero-order valence-electron chi connectivity index (χ0n) is 16.2. The minimum atomic E-state index is -0.930. The van der Waals surface area contributed by atoms with E-state index in [0.29, 0.717) is 27.9 Å². The van der Waals surface area contributed by atoms with Crippen LogP contribution in [0.25, 0.3) is 16.5 Å². The van der Waals surface area contributed by atoms with Gasteiger partial charge in [0.05, 0.1) is 24.0 Å². The first-order chi connectivity index (χ1) is 14.9. The van der Waals surface area contributed by atoms with E-state index in [-0.39, 0.29) is 16.6 Å². The van der Waals surface area contributed by atoms with Gasteiger partial charge in [0, 0.05) is 28.1 Å². The summed E-state index contributed by atoms with van der Waals surface area (Å²) in [7, 11) is 1.45. The number of rotatable bonds is 4. The molecule has 4 rings (SSSR count). The quantitative estimate of drug-likeness (QED) is 0.475. The third kappa shape index (κ3) is 3.87. The number of halogens is 3. The molecular weight excluding hydrogens is 426 g/mol. The number of aromatic nitrogens is 1. The summed E-state index contributed by atoms with van der Waals surface area (Å²) < 4.78 is 34.0. The minimum absolute atomic E-state index is 0.112. The van der Waals surface area contributed by atoms with Crippen molar-refractivity contribution in [3.8, 4) is 11.4 Å². The molecule has 0 saturated carbocycles. The van der Waals surface area contributed by atoms with Gasteiger partial charge in [0.1, 0.15) is 17.4 Å². The molecule has 1 N–H and O–H groups in total. The van der Waals surface area contributed by atoms with Gasteiger partial charge in [-0.25, -0.2) is 8.78 Å². The fraction of sp³-hybridized carbons (Fsp3) is 0.0435. The van der Waals surface area contributed by atoms with E-state index in [2.05, 4.69) is 5.32 Å². The summed E-state index contributed by atoms with van der Waals surface area (Å²) in [6.07, 6.45) is 1.23. The van der Waals surface area contributed by atoms with Crippen LogP contribution >= 0.6 is 11.6 Å². The third-order valence-electron chi connectivity index (χ3n) is 4.75. The summed E-state index contributed by atoms with van der Waals surface area (Å²) in [6.45, 7) is 0. The van der Waals surface area contributed by atoms with E-state index in [0.717, 1.165) is 16.7 Å². The lowest BCUT2D eigenvalue weighted by Gasteiger charge is -2.14. The topological polar surface area (TPSA) is 60.3 Å². The van der Waals surface area contributed by atoms with Crippen LogP contribution in [0.5, 0.6) is 5.75 Å². The Morgan fingerprint density at radius 3 is 2.48 bits per heavy atom.